The first-order chi connectivity index (χ1) is 9.81. The largest absolute Gasteiger partial charge is 0.339 e. The zero-order valence-electron chi connectivity index (χ0n) is 13.7. The summed E-state index contributed by atoms with van der Waals surface area (Å²) >= 11 is 0. The molecule has 1 aliphatic rings. The Morgan fingerprint density at radius 1 is 0.857 bits per heavy atom. The Morgan fingerprint density at radius 3 is 1.86 bits per heavy atom. The monoisotopic (exact) mass is 296 g/mol. The molecule has 0 N–H and O–H groups in total. The van der Waals surface area contributed by atoms with Crippen LogP contribution < -0.4 is 0 Å². The number of hydrogen-bond acceptors (Lipinski definition) is 3. The summed E-state index contributed by atoms with van der Waals surface area (Å²) in [7, 11) is 0. The van der Waals surface area contributed by atoms with E-state index in [0.717, 1.165) is 0 Å². The van der Waals surface area contributed by atoms with E-state index in [2.05, 4.69) is 0 Å². The van der Waals surface area contributed by atoms with Crippen LogP contribution in [0.3, 0.4) is 0 Å². The van der Waals surface area contributed by atoms with Gasteiger partial charge in [0.05, 0.1) is 0 Å². The van der Waals surface area contributed by atoms with Gasteiger partial charge in [0.1, 0.15) is 5.78 Å². The molecule has 0 radical (unpaired) electrons. The van der Waals surface area contributed by atoms with Crippen LogP contribution in [0.25, 0.3) is 0 Å². The normalized spacial score (nSPS) is 15.7. The lowest BCUT2D eigenvalue weighted by Gasteiger charge is -2.35. The lowest BCUT2D eigenvalue weighted by atomic mass is 10.0. The van der Waals surface area contributed by atoms with E-state index in [-0.39, 0.29) is 23.5 Å². The summed E-state index contributed by atoms with van der Waals surface area (Å²) in [6.45, 7) is 10.1. The highest BCUT2D eigenvalue weighted by Crippen LogP contribution is 2.10. The average molecular weight is 296 g/mol. The number of carbonyl (C=O) groups is 3. The molecule has 0 bridgehead atoms. The highest BCUT2D eigenvalue weighted by molar-refractivity contribution is 5.85. The minimum atomic E-state index is 0.000839. The number of piperazine rings is 1. The molecule has 0 spiro atoms. The lowest BCUT2D eigenvalue weighted by Crippen LogP contribution is -2.51. The van der Waals surface area contributed by atoms with Gasteiger partial charge in [0.2, 0.25) is 11.8 Å². The van der Waals surface area contributed by atoms with Gasteiger partial charge in [-0.05, 0) is 5.92 Å². The van der Waals surface area contributed by atoms with E-state index in [1.165, 1.54) is 0 Å². The molecule has 1 heterocycles. The van der Waals surface area contributed by atoms with Gasteiger partial charge >= 0.3 is 0 Å². The molecule has 0 atom stereocenters. The molecule has 0 aliphatic carbocycles. The van der Waals surface area contributed by atoms with Crippen molar-refractivity contribution in [2.24, 2.45) is 11.8 Å². The molecule has 1 aliphatic heterocycles. The highest BCUT2D eigenvalue weighted by atomic mass is 16.2. The molecule has 0 aromatic heterocycles. The molecule has 0 unspecified atom stereocenters. The zero-order chi connectivity index (χ0) is 16.0. The fraction of sp³-hybridized carbons (Fsp3) is 0.812. The Kier molecular flexibility index (Phi) is 6.85. The number of rotatable bonds is 6. The fourth-order valence-corrected chi connectivity index (χ4v) is 2.50. The third kappa shape index (κ3) is 5.86. The van der Waals surface area contributed by atoms with Crippen LogP contribution in [0.1, 0.15) is 47.0 Å². The number of ketones is 1. The van der Waals surface area contributed by atoms with Crippen molar-refractivity contribution in [1.82, 2.24) is 9.80 Å². The minimum absolute atomic E-state index is 0.000839. The smallest absolute Gasteiger partial charge is 0.225 e. The van der Waals surface area contributed by atoms with Crippen LogP contribution in [0.15, 0.2) is 0 Å². The number of Topliss-reactive ketones (excluding diaryl/α,β-unsaturated/α-hetero) is 1. The van der Waals surface area contributed by atoms with Gasteiger partial charge in [-0.3, -0.25) is 14.4 Å². The lowest BCUT2D eigenvalue weighted by molar-refractivity contribution is -0.141. The third-order valence-electron chi connectivity index (χ3n) is 3.69. The van der Waals surface area contributed by atoms with E-state index in [1.807, 2.05) is 32.6 Å². The van der Waals surface area contributed by atoms with E-state index >= 15 is 0 Å². The Labute approximate surface area is 127 Å². The second-order valence-electron chi connectivity index (χ2n) is 6.50. The number of amides is 2. The van der Waals surface area contributed by atoms with Crippen LogP contribution in [0.5, 0.6) is 0 Å². The van der Waals surface area contributed by atoms with Crippen molar-refractivity contribution < 1.29 is 14.4 Å². The SMILES string of the molecule is CC(C)CC(=O)CCC(=O)N1CCN(C(=O)C(C)C)CC1. The molecule has 1 fully saturated rings. The molecule has 0 aromatic carbocycles. The summed E-state index contributed by atoms with van der Waals surface area (Å²) in [6.07, 6.45) is 1.18. The van der Waals surface area contributed by atoms with Crippen molar-refractivity contribution >= 4 is 17.6 Å². The maximum absolute atomic E-state index is 12.1. The summed E-state index contributed by atoms with van der Waals surface area (Å²) < 4.78 is 0. The first-order valence-electron chi connectivity index (χ1n) is 7.89. The van der Waals surface area contributed by atoms with Crippen LogP contribution in [0.4, 0.5) is 0 Å². The summed E-state index contributed by atoms with van der Waals surface area (Å²) in [5.41, 5.74) is 0. The van der Waals surface area contributed by atoms with Gasteiger partial charge in [-0.25, -0.2) is 0 Å². The van der Waals surface area contributed by atoms with E-state index in [9.17, 15) is 14.4 Å². The number of hydrogen-bond donors (Lipinski definition) is 0. The Hall–Kier alpha value is -1.39. The maximum atomic E-state index is 12.1. The second-order valence-corrected chi connectivity index (χ2v) is 6.50. The predicted octanol–water partition coefficient (Wildman–Crippen LogP) is 1.71. The van der Waals surface area contributed by atoms with Crippen molar-refractivity contribution in [3.63, 3.8) is 0 Å². The summed E-state index contributed by atoms with van der Waals surface area (Å²) in [5, 5.41) is 0. The summed E-state index contributed by atoms with van der Waals surface area (Å²) in [6, 6.07) is 0. The van der Waals surface area contributed by atoms with Crippen molar-refractivity contribution in [1.29, 1.82) is 0 Å². The van der Waals surface area contributed by atoms with Gasteiger partial charge in [-0.15, -0.1) is 0 Å². The Bertz CT molecular complexity index is 383. The maximum Gasteiger partial charge on any atom is 0.225 e. The first-order valence-corrected chi connectivity index (χ1v) is 7.89. The van der Waals surface area contributed by atoms with E-state index in [1.54, 1.807) is 4.90 Å². The quantitative estimate of drug-likeness (QED) is 0.750. The number of carbonyl (C=O) groups excluding carboxylic acids is 3. The van der Waals surface area contributed by atoms with Crippen molar-refractivity contribution in [2.45, 2.75) is 47.0 Å². The van der Waals surface area contributed by atoms with Crippen LogP contribution in [0.2, 0.25) is 0 Å². The van der Waals surface area contributed by atoms with Crippen LogP contribution in [-0.4, -0.2) is 53.6 Å². The fourth-order valence-electron chi connectivity index (χ4n) is 2.50. The van der Waals surface area contributed by atoms with Gasteiger partial charge in [0.15, 0.2) is 0 Å². The van der Waals surface area contributed by atoms with Gasteiger partial charge in [-0.2, -0.15) is 0 Å². The Balaban J connectivity index is 2.32. The molecule has 21 heavy (non-hydrogen) atoms. The molecule has 1 rings (SSSR count). The van der Waals surface area contributed by atoms with Crippen LogP contribution >= 0.6 is 0 Å². The zero-order valence-corrected chi connectivity index (χ0v) is 13.7. The second kappa shape index (κ2) is 8.15. The molecule has 5 nitrogen and oxygen atoms in total. The van der Waals surface area contributed by atoms with Crippen molar-refractivity contribution in [3.05, 3.63) is 0 Å². The molecule has 120 valence electrons. The van der Waals surface area contributed by atoms with Gasteiger partial charge in [-0.1, -0.05) is 27.7 Å². The highest BCUT2D eigenvalue weighted by Gasteiger charge is 2.25. The molecule has 0 saturated carbocycles. The number of nitrogens with zero attached hydrogens (tertiary/aromatic N) is 2. The molecule has 5 heteroatoms. The third-order valence-corrected chi connectivity index (χ3v) is 3.69. The van der Waals surface area contributed by atoms with Gasteiger partial charge in [0, 0.05) is 51.4 Å². The molecule has 1 saturated heterocycles. The van der Waals surface area contributed by atoms with Gasteiger partial charge < -0.3 is 9.80 Å². The summed E-state index contributed by atoms with van der Waals surface area (Å²) in [4.78, 5) is 39.2. The van der Waals surface area contributed by atoms with Crippen molar-refractivity contribution in [2.75, 3.05) is 26.2 Å². The summed E-state index contributed by atoms with van der Waals surface area (Å²) in [5.74, 6) is 0.684. The molecule has 0 aromatic rings. The topological polar surface area (TPSA) is 57.7 Å². The Morgan fingerprint density at radius 2 is 1.38 bits per heavy atom. The molecular formula is C16H28N2O3. The molecular weight excluding hydrogens is 268 g/mol. The van der Waals surface area contributed by atoms with Crippen molar-refractivity contribution in [3.8, 4) is 0 Å². The average Bonchev–Trinajstić information content (AvgIpc) is 2.43. The first kappa shape index (κ1) is 17.7. The van der Waals surface area contributed by atoms with E-state index in [0.29, 0.717) is 51.4 Å². The van der Waals surface area contributed by atoms with Crippen LogP contribution in [-0.2, 0) is 14.4 Å². The van der Waals surface area contributed by atoms with Gasteiger partial charge in [0.25, 0.3) is 0 Å². The standard InChI is InChI=1S/C16H28N2O3/c1-12(2)11-14(19)5-6-15(20)17-7-9-18(10-8-17)16(21)13(3)4/h12-13H,5-11H2,1-4H3. The minimum Gasteiger partial charge on any atom is -0.339 e. The predicted molar refractivity (Wildman–Crippen MR) is 81.7 cm³/mol. The molecule has 2 amide bonds. The van der Waals surface area contributed by atoms with E-state index in [4.69, 9.17) is 0 Å². The van der Waals surface area contributed by atoms with Crippen LogP contribution in [0, 0.1) is 11.8 Å². The van der Waals surface area contributed by atoms with E-state index < -0.39 is 0 Å².